The van der Waals surface area contributed by atoms with Crippen molar-refractivity contribution in [3.63, 3.8) is 0 Å². The summed E-state index contributed by atoms with van der Waals surface area (Å²) in [5.41, 5.74) is 0.747. The number of thioether (sulfide) groups is 1. The number of amides is 1. The number of anilines is 1. The standard InChI is InChI=1S/C11H14ClNO2S/c12-9-2-4-10(5-3-9)13-11(15)8-16-7-1-6-14/h2-5,14H,1,6-8H2,(H,13,15). The lowest BCUT2D eigenvalue weighted by molar-refractivity contribution is -0.113. The number of aliphatic hydroxyl groups is 1. The van der Waals surface area contributed by atoms with Crippen molar-refractivity contribution >= 4 is 35.0 Å². The molecule has 1 amide bonds. The Morgan fingerprint density at radius 2 is 2.06 bits per heavy atom. The Bertz CT molecular complexity index is 329. The van der Waals surface area contributed by atoms with Gasteiger partial charge in [0, 0.05) is 17.3 Å². The largest absolute Gasteiger partial charge is 0.396 e. The fourth-order valence-electron chi connectivity index (χ4n) is 1.06. The van der Waals surface area contributed by atoms with Crippen LogP contribution in [-0.4, -0.2) is 29.1 Å². The summed E-state index contributed by atoms with van der Waals surface area (Å²) >= 11 is 7.24. The van der Waals surface area contributed by atoms with Gasteiger partial charge in [-0.1, -0.05) is 11.6 Å². The summed E-state index contributed by atoms with van der Waals surface area (Å²) in [7, 11) is 0. The number of hydrogen-bond donors (Lipinski definition) is 2. The van der Waals surface area contributed by atoms with Gasteiger partial charge in [0.15, 0.2) is 0 Å². The van der Waals surface area contributed by atoms with E-state index in [2.05, 4.69) is 5.32 Å². The lowest BCUT2D eigenvalue weighted by atomic mass is 10.3. The molecule has 0 saturated heterocycles. The van der Waals surface area contributed by atoms with Crippen molar-refractivity contribution in [2.75, 3.05) is 23.4 Å². The van der Waals surface area contributed by atoms with Crippen LogP contribution in [0.4, 0.5) is 5.69 Å². The van der Waals surface area contributed by atoms with Gasteiger partial charge in [-0.15, -0.1) is 0 Å². The second-order valence-electron chi connectivity index (χ2n) is 3.18. The summed E-state index contributed by atoms with van der Waals surface area (Å²) in [4.78, 5) is 11.4. The smallest absolute Gasteiger partial charge is 0.234 e. The normalized spacial score (nSPS) is 10.1. The third kappa shape index (κ3) is 5.39. The molecule has 0 spiro atoms. The van der Waals surface area contributed by atoms with Crippen LogP contribution in [0.3, 0.4) is 0 Å². The van der Waals surface area contributed by atoms with Crippen LogP contribution in [0.1, 0.15) is 6.42 Å². The zero-order valence-electron chi connectivity index (χ0n) is 8.78. The highest BCUT2D eigenvalue weighted by Gasteiger charge is 2.01. The van der Waals surface area contributed by atoms with Crippen LogP contribution in [-0.2, 0) is 4.79 Å². The van der Waals surface area contributed by atoms with Crippen molar-refractivity contribution in [1.29, 1.82) is 0 Å². The van der Waals surface area contributed by atoms with Gasteiger partial charge in [0.1, 0.15) is 0 Å². The molecule has 1 aromatic rings. The highest BCUT2D eigenvalue weighted by atomic mass is 35.5. The maximum absolute atomic E-state index is 11.4. The quantitative estimate of drug-likeness (QED) is 0.772. The first-order valence-corrected chi connectivity index (χ1v) is 6.49. The third-order valence-corrected chi connectivity index (χ3v) is 3.10. The molecule has 2 N–H and O–H groups in total. The van der Waals surface area contributed by atoms with Crippen LogP contribution >= 0.6 is 23.4 Å². The fraction of sp³-hybridized carbons (Fsp3) is 0.364. The topological polar surface area (TPSA) is 49.3 Å². The van der Waals surface area contributed by atoms with Crippen LogP contribution < -0.4 is 5.32 Å². The van der Waals surface area contributed by atoms with E-state index in [9.17, 15) is 4.79 Å². The number of hydrogen-bond acceptors (Lipinski definition) is 3. The summed E-state index contributed by atoms with van der Waals surface area (Å²) in [5.74, 6) is 1.16. The third-order valence-electron chi connectivity index (χ3n) is 1.81. The number of carbonyl (C=O) groups excluding carboxylic acids is 1. The molecule has 5 heteroatoms. The Morgan fingerprint density at radius 1 is 1.38 bits per heavy atom. The monoisotopic (exact) mass is 259 g/mol. The molecule has 0 aliphatic rings. The molecule has 0 aromatic heterocycles. The Labute approximate surface area is 104 Å². The molecule has 0 saturated carbocycles. The van der Waals surface area contributed by atoms with E-state index in [-0.39, 0.29) is 12.5 Å². The van der Waals surface area contributed by atoms with E-state index in [1.807, 2.05) is 0 Å². The van der Waals surface area contributed by atoms with E-state index < -0.39 is 0 Å². The molecule has 88 valence electrons. The van der Waals surface area contributed by atoms with Crippen LogP contribution in [0, 0.1) is 0 Å². The van der Waals surface area contributed by atoms with E-state index in [1.54, 1.807) is 24.3 Å². The van der Waals surface area contributed by atoms with Crippen molar-refractivity contribution in [3.05, 3.63) is 29.3 Å². The molecule has 0 aliphatic heterocycles. The molecule has 1 rings (SSSR count). The average Bonchev–Trinajstić information content (AvgIpc) is 2.28. The minimum absolute atomic E-state index is 0.0368. The second kappa shape index (κ2) is 7.54. The van der Waals surface area contributed by atoms with Crippen molar-refractivity contribution in [2.24, 2.45) is 0 Å². The van der Waals surface area contributed by atoms with Crippen LogP contribution in [0.15, 0.2) is 24.3 Å². The maximum Gasteiger partial charge on any atom is 0.234 e. The summed E-state index contributed by atoms with van der Waals surface area (Å²) in [6.45, 7) is 0.172. The number of nitrogens with one attached hydrogen (secondary N) is 1. The predicted molar refractivity (Wildman–Crippen MR) is 69.1 cm³/mol. The Kier molecular flexibility index (Phi) is 6.30. The Morgan fingerprint density at radius 3 is 2.69 bits per heavy atom. The van der Waals surface area contributed by atoms with Gasteiger partial charge in [-0.05, 0) is 36.4 Å². The second-order valence-corrected chi connectivity index (χ2v) is 4.73. The molecular weight excluding hydrogens is 246 g/mol. The molecule has 0 fully saturated rings. The molecular formula is C11H14ClNO2S. The van der Waals surface area contributed by atoms with Gasteiger partial charge >= 0.3 is 0 Å². The minimum atomic E-state index is -0.0368. The van der Waals surface area contributed by atoms with Crippen LogP contribution in [0.5, 0.6) is 0 Å². The first-order chi connectivity index (χ1) is 7.72. The van der Waals surface area contributed by atoms with Gasteiger partial charge in [0.25, 0.3) is 0 Å². The first-order valence-electron chi connectivity index (χ1n) is 4.96. The van der Waals surface area contributed by atoms with E-state index in [4.69, 9.17) is 16.7 Å². The number of benzene rings is 1. The molecule has 16 heavy (non-hydrogen) atoms. The Hall–Kier alpha value is -0.710. The number of halogens is 1. The maximum atomic E-state index is 11.4. The molecule has 0 radical (unpaired) electrons. The van der Waals surface area contributed by atoms with Crippen molar-refractivity contribution in [2.45, 2.75) is 6.42 Å². The number of rotatable bonds is 6. The highest BCUT2D eigenvalue weighted by Crippen LogP contribution is 2.13. The van der Waals surface area contributed by atoms with Gasteiger partial charge < -0.3 is 10.4 Å². The molecule has 0 atom stereocenters. The predicted octanol–water partition coefficient (Wildman–Crippen LogP) is 2.39. The molecule has 0 heterocycles. The number of aliphatic hydroxyl groups excluding tert-OH is 1. The minimum Gasteiger partial charge on any atom is -0.396 e. The van der Waals surface area contributed by atoms with E-state index >= 15 is 0 Å². The van der Waals surface area contributed by atoms with Crippen molar-refractivity contribution in [3.8, 4) is 0 Å². The van der Waals surface area contributed by atoms with Gasteiger partial charge in [-0.3, -0.25) is 4.79 Å². The summed E-state index contributed by atoms with van der Waals surface area (Å²) in [5, 5.41) is 12.0. The fourth-order valence-corrected chi connectivity index (χ4v) is 1.92. The lowest BCUT2D eigenvalue weighted by Crippen LogP contribution is -2.14. The summed E-state index contributed by atoms with van der Waals surface area (Å²) in [6.07, 6.45) is 0.721. The highest BCUT2D eigenvalue weighted by molar-refractivity contribution is 7.99. The van der Waals surface area contributed by atoms with Crippen LogP contribution in [0.25, 0.3) is 0 Å². The van der Waals surface area contributed by atoms with Crippen molar-refractivity contribution in [1.82, 2.24) is 0 Å². The van der Waals surface area contributed by atoms with E-state index in [1.165, 1.54) is 11.8 Å². The first kappa shape index (κ1) is 13.4. The zero-order chi connectivity index (χ0) is 11.8. The van der Waals surface area contributed by atoms with Gasteiger partial charge in [-0.2, -0.15) is 11.8 Å². The lowest BCUT2D eigenvalue weighted by Gasteiger charge is -2.04. The van der Waals surface area contributed by atoms with Gasteiger partial charge in [0.2, 0.25) is 5.91 Å². The van der Waals surface area contributed by atoms with Gasteiger partial charge in [0.05, 0.1) is 5.75 Å². The summed E-state index contributed by atoms with van der Waals surface area (Å²) in [6, 6.07) is 6.99. The van der Waals surface area contributed by atoms with Gasteiger partial charge in [-0.25, -0.2) is 0 Å². The van der Waals surface area contributed by atoms with E-state index in [0.717, 1.165) is 17.9 Å². The zero-order valence-corrected chi connectivity index (χ0v) is 10.4. The number of carbonyl (C=O) groups is 1. The van der Waals surface area contributed by atoms with Crippen LogP contribution in [0.2, 0.25) is 5.02 Å². The average molecular weight is 260 g/mol. The molecule has 0 unspecified atom stereocenters. The molecule has 0 bridgehead atoms. The van der Waals surface area contributed by atoms with E-state index in [0.29, 0.717) is 10.8 Å². The molecule has 0 aliphatic carbocycles. The summed E-state index contributed by atoms with van der Waals surface area (Å²) < 4.78 is 0. The molecule has 3 nitrogen and oxygen atoms in total. The molecule has 1 aromatic carbocycles. The SMILES string of the molecule is O=C(CSCCCO)Nc1ccc(Cl)cc1. The van der Waals surface area contributed by atoms with Crippen molar-refractivity contribution < 1.29 is 9.90 Å². The Balaban J connectivity index is 2.26.